The van der Waals surface area contributed by atoms with Crippen LogP contribution in [0.5, 0.6) is 0 Å². The second-order valence-electron chi connectivity index (χ2n) is 4.36. The van der Waals surface area contributed by atoms with Gasteiger partial charge in [0.05, 0.1) is 12.1 Å². The first kappa shape index (κ1) is 12.9. The van der Waals surface area contributed by atoms with Crippen molar-refractivity contribution in [2.24, 2.45) is 0 Å². The first-order valence-corrected chi connectivity index (χ1v) is 6.34. The summed E-state index contributed by atoms with van der Waals surface area (Å²) in [6.07, 6.45) is 3.44. The molecular formula is C14H12N6O. The second kappa shape index (κ2) is 5.91. The van der Waals surface area contributed by atoms with Crippen LogP contribution in [-0.4, -0.2) is 31.1 Å². The number of tetrazole rings is 1. The number of amides is 1. The Morgan fingerprint density at radius 2 is 2.00 bits per heavy atom. The fourth-order valence-corrected chi connectivity index (χ4v) is 1.86. The van der Waals surface area contributed by atoms with E-state index in [1.165, 1.54) is 6.33 Å². The molecule has 0 fully saturated rings. The predicted octanol–water partition coefficient (Wildman–Crippen LogP) is 1.24. The molecule has 2 heterocycles. The smallest absolute Gasteiger partial charge is 0.229 e. The maximum atomic E-state index is 11.9. The Bertz CT molecular complexity index is 709. The number of anilines is 1. The van der Waals surface area contributed by atoms with Gasteiger partial charge in [-0.3, -0.25) is 4.79 Å². The molecule has 0 bridgehead atoms. The van der Waals surface area contributed by atoms with Gasteiger partial charge in [-0.1, -0.05) is 18.2 Å². The quantitative estimate of drug-likeness (QED) is 0.777. The van der Waals surface area contributed by atoms with E-state index in [9.17, 15) is 4.79 Å². The molecule has 0 unspecified atom stereocenters. The summed E-state index contributed by atoms with van der Waals surface area (Å²) in [5.41, 5.74) is 1.74. The average molecular weight is 280 g/mol. The number of nitrogens with one attached hydrogen (secondary N) is 1. The number of benzene rings is 1. The lowest BCUT2D eigenvalue weighted by atomic mass is 10.1. The molecule has 2 aromatic heterocycles. The predicted molar refractivity (Wildman–Crippen MR) is 75.7 cm³/mol. The molecule has 1 amide bonds. The molecule has 0 aliphatic heterocycles. The van der Waals surface area contributed by atoms with Crippen molar-refractivity contribution in [2.45, 2.75) is 6.42 Å². The molecule has 0 spiro atoms. The van der Waals surface area contributed by atoms with Gasteiger partial charge in [-0.25, -0.2) is 9.67 Å². The van der Waals surface area contributed by atoms with Crippen molar-refractivity contribution < 1.29 is 4.79 Å². The summed E-state index contributed by atoms with van der Waals surface area (Å²) in [5, 5.41) is 13.7. The number of hydrogen-bond acceptors (Lipinski definition) is 5. The molecule has 3 aromatic rings. The molecule has 1 aromatic carbocycles. The number of rotatable bonds is 4. The van der Waals surface area contributed by atoms with Crippen molar-refractivity contribution in [3.63, 3.8) is 0 Å². The number of pyridine rings is 1. The van der Waals surface area contributed by atoms with Gasteiger partial charge in [-0.05, 0) is 40.3 Å². The normalized spacial score (nSPS) is 10.3. The maximum Gasteiger partial charge on any atom is 0.229 e. The number of aromatic nitrogens is 5. The summed E-state index contributed by atoms with van der Waals surface area (Å²) in [7, 11) is 0. The molecule has 3 rings (SSSR count). The summed E-state index contributed by atoms with van der Waals surface area (Å²) < 4.78 is 1.55. The van der Waals surface area contributed by atoms with E-state index in [2.05, 4.69) is 25.8 Å². The van der Waals surface area contributed by atoms with Gasteiger partial charge in [0.25, 0.3) is 0 Å². The highest BCUT2D eigenvalue weighted by molar-refractivity contribution is 5.91. The Labute approximate surface area is 120 Å². The van der Waals surface area contributed by atoms with Crippen LogP contribution in [0.4, 0.5) is 5.82 Å². The van der Waals surface area contributed by atoms with E-state index in [1.807, 2.05) is 30.3 Å². The molecule has 104 valence electrons. The highest BCUT2D eigenvalue weighted by atomic mass is 16.1. The summed E-state index contributed by atoms with van der Waals surface area (Å²) >= 11 is 0. The van der Waals surface area contributed by atoms with Gasteiger partial charge in [-0.2, -0.15) is 0 Å². The summed E-state index contributed by atoms with van der Waals surface area (Å²) in [5.74, 6) is 0.441. The molecule has 0 aliphatic rings. The third kappa shape index (κ3) is 3.27. The van der Waals surface area contributed by atoms with E-state index in [4.69, 9.17) is 0 Å². The van der Waals surface area contributed by atoms with E-state index in [0.29, 0.717) is 5.82 Å². The Balaban J connectivity index is 1.64. The van der Waals surface area contributed by atoms with Crippen LogP contribution in [0.25, 0.3) is 5.69 Å². The number of carbonyl (C=O) groups excluding carboxylic acids is 1. The zero-order chi connectivity index (χ0) is 14.5. The van der Waals surface area contributed by atoms with Crippen molar-refractivity contribution >= 4 is 11.7 Å². The minimum Gasteiger partial charge on any atom is -0.310 e. The Morgan fingerprint density at radius 3 is 2.67 bits per heavy atom. The molecule has 0 saturated heterocycles. The third-order valence-corrected chi connectivity index (χ3v) is 2.85. The summed E-state index contributed by atoms with van der Waals surface area (Å²) in [6, 6.07) is 12.8. The Kier molecular flexibility index (Phi) is 3.64. The largest absolute Gasteiger partial charge is 0.310 e. The zero-order valence-corrected chi connectivity index (χ0v) is 11.0. The lowest BCUT2D eigenvalue weighted by Gasteiger charge is -2.05. The van der Waals surface area contributed by atoms with Gasteiger partial charge in [0.1, 0.15) is 12.1 Å². The third-order valence-electron chi connectivity index (χ3n) is 2.85. The average Bonchev–Trinajstić information content (AvgIpc) is 3.03. The maximum absolute atomic E-state index is 11.9. The van der Waals surface area contributed by atoms with Crippen LogP contribution in [0.1, 0.15) is 5.56 Å². The van der Waals surface area contributed by atoms with Crippen molar-refractivity contribution in [1.29, 1.82) is 0 Å². The molecule has 0 aliphatic carbocycles. The standard InChI is InChI=1S/C14H12N6O/c21-14(17-13-3-1-2-8-15-13)9-11-4-6-12(7-5-11)20-10-16-18-19-20/h1-8,10H,9H2,(H,15,17,21). The highest BCUT2D eigenvalue weighted by Gasteiger charge is 2.05. The molecule has 21 heavy (non-hydrogen) atoms. The van der Waals surface area contributed by atoms with E-state index >= 15 is 0 Å². The molecule has 1 N–H and O–H groups in total. The van der Waals surface area contributed by atoms with E-state index in [1.54, 1.807) is 23.0 Å². The molecule has 0 saturated carbocycles. The molecule has 7 nitrogen and oxygen atoms in total. The topological polar surface area (TPSA) is 85.6 Å². The molecule has 0 radical (unpaired) electrons. The van der Waals surface area contributed by atoms with Crippen LogP contribution >= 0.6 is 0 Å². The first-order valence-electron chi connectivity index (χ1n) is 6.34. The monoisotopic (exact) mass is 280 g/mol. The lowest BCUT2D eigenvalue weighted by molar-refractivity contribution is -0.115. The SMILES string of the molecule is O=C(Cc1ccc(-n2cnnn2)cc1)Nc1ccccn1. The summed E-state index contributed by atoms with van der Waals surface area (Å²) in [6.45, 7) is 0. The number of hydrogen-bond donors (Lipinski definition) is 1. The van der Waals surface area contributed by atoms with Crippen molar-refractivity contribution in [3.8, 4) is 5.69 Å². The van der Waals surface area contributed by atoms with Gasteiger partial charge in [0.2, 0.25) is 5.91 Å². The molecule has 0 atom stereocenters. The fraction of sp³-hybridized carbons (Fsp3) is 0.0714. The zero-order valence-electron chi connectivity index (χ0n) is 11.0. The van der Waals surface area contributed by atoms with Crippen molar-refractivity contribution in [3.05, 3.63) is 60.6 Å². The first-order chi connectivity index (χ1) is 10.3. The fourth-order valence-electron chi connectivity index (χ4n) is 1.86. The van der Waals surface area contributed by atoms with Crippen LogP contribution in [0.3, 0.4) is 0 Å². The van der Waals surface area contributed by atoms with Crippen LogP contribution in [0, 0.1) is 0 Å². The van der Waals surface area contributed by atoms with Gasteiger partial charge < -0.3 is 5.32 Å². The lowest BCUT2D eigenvalue weighted by Crippen LogP contribution is -2.15. The second-order valence-corrected chi connectivity index (χ2v) is 4.36. The molecular weight excluding hydrogens is 268 g/mol. The van der Waals surface area contributed by atoms with Gasteiger partial charge >= 0.3 is 0 Å². The van der Waals surface area contributed by atoms with Gasteiger partial charge in [0, 0.05) is 6.20 Å². The minimum atomic E-state index is -0.108. The Hall–Kier alpha value is -3.09. The van der Waals surface area contributed by atoms with Gasteiger partial charge in [-0.15, -0.1) is 5.10 Å². The van der Waals surface area contributed by atoms with E-state index in [-0.39, 0.29) is 12.3 Å². The van der Waals surface area contributed by atoms with Crippen molar-refractivity contribution in [1.82, 2.24) is 25.2 Å². The van der Waals surface area contributed by atoms with E-state index in [0.717, 1.165) is 11.3 Å². The van der Waals surface area contributed by atoms with Crippen LogP contribution in [0.2, 0.25) is 0 Å². The van der Waals surface area contributed by atoms with Crippen molar-refractivity contribution in [2.75, 3.05) is 5.32 Å². The highest BCUT2D eigenvalue weighted by Crippen LogP contribution is 2.09. The van der Waals surface area contributed by atoms with Gasteiger partial charge in [0.15, 0.2) is 0 Å². The van der Waals surface area contributed by atoms with Crippen LogP contribution in [-0.2, 0) is 11.2 Å². The van der Waals surface area contributed by atoms with E-state index < -0.39 is 0 Å². The number of carbonyl (C=O) groups is 1. The number of nitrogens with zero attached hydrogens (tertiary/aromatic N) is 5. The summed E-state index contributed by atoms with van der Waals surface area (Å²) in [4.78, 5) is 16.0. The van der Waals surface area contributed by atoms with Crippen LogP contribution < -0.4 is 5.32 Å². The van der Waals surface area contributed by atoms with Crippen LogP contribution in [0.15, 0.2) is 55.0 Å². The minimum absolute atomic E-state index is 0.108. The Morgan fingerprint density at radius 1 is 1.14 bits per heavy atom. The molecule has 7 heteroatoms.